The van der Waals surface area contributed by atoms with Gasteiger partial charge in [0.25, 0.3) is 0 Å². The first-order valence-electron chi connectivity index (χ1n) is 8.73. The number of nitrogens with zero attached hydrogens (tertiary/aromatic N) is 1. The summed E-state index contributed by atoms with van der Waals surface area (Å²) in [7, 11) is 0. The minimum Gasteiger partial charge on any atom is -0.348 e. The molecule has 2 saturated heterocycles. The van der Waals surface area contributed by atoms with E-state index in [9.17, 15) is 0 Å². The van der Waals surface area contributed by atoms with Crippen LogP contribution in [0.15, 0.2) is 0 Å². The van der Waals surface area contributed by atoms with Crippen molar-refractivity contribution in [3.05, 3.63) is 0 Å². The van der Waals surface area contributed by atoms with E-state index in [2.05, 4.69) is 18.7 Å². The minimum atomic E-state index is -0.189. The third-order valence-corrected chi connectivity index (χ3v) is 5.68. The van der Waals surface area contributed by atoms with Crippen molar-refractivity contribution in [2.75, 3.05) is 26.3 Å². The van der Waals surface area contributed by atoms with Gasteiger partial charge in [-0.3, -0.25) is 4.90 Å². The quantitative estimate of drug-likeness (QED) is 0.769. The molecule has 2 aliphatic heterocycles. The second kappa shape index (κ2) is 5.94. The van der Waals surface area contributed by atoms with E-state index >= 15 is 0 Å². The molecule has 0 atom stereocenters. The molecule has 0 aromatic carbocycles. The molecule has 0 amide bonds. The standard InChI is InChI=1S/C17H31NO2/c1-3-7-16(8-4-2)13-18(14-16)15-5-9-17(10-6-15)19-11-12-20-17/h15H,3-14H2,1-2H3. The van der Waals surface area contributed by atoms with Gasteiger partial charge < -0.3 is 9.47 Å². The smallest absolute Gasteiger partial charge is 0.168 e. The van der Waals surface area contributed by atoms with Crippen molar-refractivity contribution >= 4 is 0 Å². The molecule has 3 fully saturated rings. The Hall–Kier alpha value is -0.120. The van der Waals surface area contributed by atoms with Gasteiger partial charge in [-0.1, -0.05) is 26.7 Å². The molecule has 0 aromatic heterocycles. The molecule has 3 rings (SSSR count). The molecule has 1 saturated carbocycles. The summed E-state index contributed by atoms with van der Waals surface area (Å²) in [5, 5.41) is 0. The molecule has 1 aliphatic carbocycles. The lowest BCUT2D eigenvalue weighted by Crippen LogP contribution is -2.61. The van der Waals surface area contributed by atoms with Gasteiger partial charge in [-0.15, -0.1) is 0 Å². The van der Waals surface area contributed by atoms with E-state index in [4.69, 9.17) is 9.47 Å². The van der Waals surface area contributed by atoms with E-state index in [0.29, 0.717) is 5.41 Å². The van der Waals surface area contributed by atoms with E-state index in [0.717, 1.165) is 32.1 Å². The van der Waals surface area contributed by atoms with Crippen molar-refractivity contribution < 1.29 is 9.47 Å². The van der Waals surface area contributed by atoms with Gasteiger partial charge in [0, 0.05) is 32.0 Å². The number of hydrogen-bond acceptors (Lipinski definition) is 3. The van der Waals surface area contributed by atoms with Crippen LogP contribution in [0.2, 0.25) is 0 Å². The molecule has 1 spiro atoms. The molecule has 0 bridgehead atoms. The van der Waals surface area contributed by atoms with Crippen molar-refractivity contribution in [2.45, 2.75) is 77.0 Å². The maximum atomic E-state index is 5.84. The first-order valence-corrected chi connectivity index (χ1v) is 8.73. The Labute approximate surface area is 124 Å². The minimum absolute atomic E-state index is 0.189. The number of likely N-dealkylation sites (tertiary alicyclic amines) is 1. The van der Waals surface area contributed by atoms with E-state index in [1.165, 1.54) is 51.6 Å². The highest BCUT2D eigenvalue weighted by Gasteiger charge is 2.47. The summed E-state index contributed by atoms with van der Waals surface area (Å²) in [6.45, 7) is 8.94. The molecule has 20 heavy (non-hydrogen) atoms. The Balaban J connectivity index is 1.48. The van der Waals surface area contributed by atoms with Crippen LogP contribution in [0.5, 0.6) is 0 Å². The van der Waals surface area contributed by atoms with Gasteiger partial charge in [-0.25, -0.2) is 0 Å². The third-order valence-electron chi connectivity index (χ3n) is 5.68. The number of rotatable bonds is 5. The van der Waals surface area contributed by atoms with E-state index in [-0.39, 0.29) is 5.79 Å². The Morgan fingerprint density at radius 2 is 1.50 bits per heavy atom. The van der Waals surface area contributed by atoms with Gasteiger partial charge in [0.2, 0.25) is 0 Å². The second-order valence-electron chi connectivity index (χ2n) is 7.24. The van der Waals surface area contributed by atoms with Crippen molar-refractivity contribution in [2.24, 2.45) is 5.41 Å². The maximum Gasteiger partial charge on any atom is 0.168 e. The Morgan fingerprint density at radius 3 is 2.00 bits per heavy atom. The highest BCUT2D eigenvalue weighted by atomic mass is 16.7. The van der Waals surface area contributed by atoms with Gasteiger partial charge >= 0.3 is 0 Å². The van der Waals surface area contributed by atoms with Crippen molar-refractivity contribution in [1.82, 2.24) is 4.90 Å². The lowest BCUT2D eigenvalue weighted by Gasteiger charge is -2.55. The molecular formula is C17H31NO2. The van der Waals surface area contributed by atoms with Gasteiger partial charge in [-0.05, 0) is 31.1 Å². The van der Waals surface area contributed by atoms with Crippen LogP contribution in [-0.4, -0.2) is 43.0 Å². The fourth-order valence-corrected chi connectivity index (χ4v) is 4.77. The van der Waals surface area contributed by atoms with Gasteiger partial charge in [0.15, 0.2) is 5.79 Å². The zero-order valence-corrected chi connectivity index (χ0v) is 13.3. The van der Waals surface area contributed by atoms with Crippen LogP contribution in [-0.2, 0) is 9.47 Å². The van der Waals surface area contributed by atoms with Crippen molar-refractivity contribution in [3.8, 4) is 0 Å². The molecule has 116 valence electrons. The second-order valence-corrected chi connectivity index (χ2v) is 7.24. The van der Waals surface area contributed by atoms with Gasteiger partial charge in [0.05, 0.1) is 13.2 Å². The summed E-state index contributed by atoms with van der Waals surface area (Å²) in [5.74, 6) is -0.189. The highest BCUT2D eigenvalue weighted by molar-refractivity contribution is 4.99. The van der Waals surface area contributed by atoms with Crippen LogP contribution in [0.25, 0.3) is 0 Å². The molecule has 3 aliphatic rings. The van der Waals surface area contributed by atoms with Gasteiger partial charge in [-0.2, -0.15) is 0 Å². The van der Waals surface area contributed by atoms with Crippen LogP contribution in [0.1, 0.15) is 65.2 Å². The average molecular weight is 281 g/mol. The van der Waals surface area contributed by atoms with E-state index < -0.39 is 0 Å². The summed E-state index contributed by atoms with van der Waals surface area (Å²) in [5.41, 5.74) is 0.652. The summed E-state index contributed by atoms with van der Waals surface area (Å²) in [4.78, 5) is 2.74. The zero-order valence-electron chi connectivity index (χ0n) is 13.3. The molecule has 0 unspecified atom stereocenters. The molecular weight excluding hydrogens is 250 g/mol. The highest BCUT2D eigenvalue weighted by Crippen LogP contribution is 2.44. The summed E-state index contributed by atoms with van der Waals surface area (Å²) < 4.78 is 11.7. The Bertz CT molecular complexity index is 301. The maximum absolute atomic E-state index is 5.84. The fraction of sp³-hybridized carbons (Fsp3) is 1.00. The van der Waals surface area contributed by atoms with Crippen LogP contribution < -0.4 is 0 Å². The van der Waals surface area contributed by atoms with Crippen LogP contribution >= 0.6 is 0 Å². The normalized spacial score (nSPS) is 29.7. The lowest BCUT2D eigenvalue weighted by molar-refractivity contribution is -0.190. The lowest BCUT2D eigenvalue weighted by atomic mass is 9.71. The zero-order chi connectivity index (χ0) is 14.1. The summed E-state index contributed by atoms with van der Waals surface area (Å²) in [6.07, 6.45) is 10.2. The Kier molecular flexibility index (Phi) is 4.40. The monoisotopic (exact) mass is 281 g/mol. The average Bonchev–Trinajstić information content (AvgIpc) is 2.85. The largest absolute Gasteiger partial charge is 0.348 e. The van der Waals surface area contributed by atoms with Crippen LogP contribution in [0.4, 0.5) is 0 Å². The Morgan fingerprint density at radius 1 is 0.950 bits per heavy atom. The first-order chi connectivity index (χ1) is 9.71. The summed E-state index contributed by atoms with van der Waals surface area (Å²) >= 11 is 0. The number of hydrogen-bond donors (Lipinski definition) is 0. The van der Waals surface area contributed by atoms with E-state index in [1.54, 1.807) is 0 Å². The summed E-state index contributed by atoms with van der Waals surface area (Å²) in [6, 6.07) is 0.787. The molecule has 3 nitrogen and oxygen atoms in total. The molecule has 0 N–H and O–H groups in total. The fourth-order valence-electron chi connectivity index (χ4n) is 4.77. The van der Waals surface area contributed by atoms with Crippen molar-refractivity contribution in [1.29, 1.82) is 0 Å². The molecule has 2 heterocycles. The van der Waals surface area contributed by atoms with Gasteiger partial charge in [0.1, 0.15) is 0 Å². The molecule has 0 radical (unpaired) electrons. The predicted octanol–water partition coefficient (Wildman–Crippen LogP) is 3.57. The first kappa shape index (κ1) is 14.8. The predicted molar refractivity (Wildman–Crippen MR) is 80.7 cm³/mol. The molecule has 3 heteroatoms. The molecule has 0 aromatic rings. The SMILES string of the molecule is CCCC1(CCC)CN(C2CCC3(CC2)OCCO3)C1. The topological polar surface area (TPSA) is 21.7 Å². The van der Waals surface area contributed by atoms with Crippen molar-refractivity contribution in [3.63, 3.8) is 0 Å². The van der Waals surface area contributed by atoms with Crippen LogP contribution in [0, 0.1) is 5.41 Å². The third kappa shape index (κ3) is 2.77. The number of ether oxygens (including phenoxy) is 2. The van der Waals surface area contributed by atoms with E-state index in [1.807, 2.05) is 0 Å². The van der Waals surface area contributed by atoms with Crippen LogP contribution in [0.3, 0.4) is 0 Å².